The van der Waals surface area contributed by atoms with E-state index < -0.39 is 5.79 Å². The smallest absolute Gasteiger partial charge is 0.163 e. The molecule has 0 saturated carbocycles. The molecule has 0 radical (unpaired) electrons. The van der Waals surface area contributed by atoms with Gasteiger partial charge in [0, 0.05) is 11.6 Å². The van der Waals surface area contributed by atoms with Gasteiger partial charge in [-0.2, -0.15) is 0 Å². The molecule has 2 atom stereocenters. The van der Waals surface area contributed by atoms with Crippen molar-refractivity contribution in [3.05, 3.63) is 29.6 Å². The molecule has 1 aromatic carbocycles. The van der Waals surface area contributed by atoms with Crippen molar-refractivity contribution in [3.8, 4) is 5.75 Å². The van der Waals surface area contributed by atoms with Crippen molar-refractivity contribution in [2.45, 2.75) is 51.5 Å². The molecule has 0 amide bonds. The number of rotatable bonds is 5. The molecule has 128 valence electrons. The lowest BCUT2D eigenvalue weighted by Crippen LogP contribution is -2.26. The maximum atomic E-state index is 13.8. The molecule has 2 fully saturated rings. The Hall–Kier alpha value is -1.17. The minimum absolute atomic E-state index is 0.0891. The minimum atomic E-state index is -0.551. The Labute approximate surface area is 137 Å². The highest BCUT2D eigenvalue weighted by Crippen LogP contribution is 2.37. The summed E-state index contributed by atoms with van der Waals surface area (Å²) < 4.78 is 31.1. The van der Waals surface area contributed by atoms with E-state index in [1.807, 2.05) is 13.8 Å². The first-order chi connectivity index (χ1) is 11.0. The van der Waals surface area contributed by atoms with Crippen LogP contribution in [-0.4, -0.2) is 43.1 Å². The van der Waals surface area contributed by atoms with Gasteiger partial charge in [0.25, 0.3) is 0 Å². The van der Waals surface area contributed by atoms with Crippen molar-refractivity contribution in [2.75, 3.05) is 26.3 Å². The number of benzene rings is 1. The number of nitrogens with zero attached hydrogens (tertiary/aromatic N) is 1. The van der Waals surface area contributed by atoms with Gasteiger partial charge in [0.1, 0.15) is 24.3 Å². The molecule has 2 saturated heterocycles. The van der Waals surface area contributed by atoms with Crippen molar-refractivity contribution >= 4 is 0 Å². The molecule has 0 aromatic heterocycles. The Balaban J connectivity index is 1.72. The summed E-state index contributed by atoms with van der Waals surface area (Å²) in [7, 11) is 0. The molecule has 2 unspecified atom stereocenters. The maximum Gasteiger partial charge on any atom is 0.163 e. The van der Waals surface area contributed by atoms with Gasteiger partial charge in [0.15, 0.2) is 5.79 Å². The highest BCUT2D eigenvalue weighted by Gasteiger charge is 2.33. The van der Waals surface area contributed by atoms with Gasteiger partial charge in [-0.1, -0.05) is 6.92 Å². The molecule has 2 heterocycles. The quantitative estimate of drug-likeness (QED) is 0.830. The zero-order valence-electron chi connectivity index (χ0n) is 14.2. The van der Waals surface area contributed by atoms with Crippen molar-refractivity contribution in [1.29, 1.82) is 0 Å². The molecule has 0 spiro atoms. The van der Waals surface area contributed by atoms with E-state index in [0.717, 1.165) is 37.2 Å². The largest absolute Gasteiger partial charge is 0.490 e. The van der Waals surface area contributed by atoms with Gasteiger partial charge in [-0.15, -0.1) is 0 Å². The van der Waals surface area contributed by atoms with E-state index in [0.29, 0.717) is 13.2 Å². The van der Waals surface area contributed by atoms with Gasteiger partial charge in [-0.25, -0.2) is 4.39 Å². The molecule has 0 N–H and O–H groups in total. The molecule has 0 aliphatic carbocycles. The molecule has 2 aliphatic rings. The molecular weight excluding hydrogens is 297 g/mol. The summed E-state index contributed by atoms with van der Waals surface area (Å²) in [6.07, 6.45) is 2.10. The van der Waals surface area contributed by atoms with E-state index in [-0.39, 0.29) is 18.0 Å². The summed E-state index contributed by atoms with van der Waals surface area (Å²) in [5.74, 6) is -0.00801. The minimum Gasteiger partial charge on any atom is -0.490 e. The predicted octanol–water partition coefficient (Wildman–Crippen LogP) is 3.51. The molecule has 4 nitrogen and oxygen atoms in total. The average molecular weight is 323 g/mol. The van der Waals surface area contributed by atoms with Crippen LogP contribution in [-0.2, 0) is 9.47 Å². The molecule has 3 rings (SSSR count). The van der Waals surface area contributed by atoms with Gasteiger partial charge in [-0.3, -0.25) is 4.90 Å². The fourth-order valence-corrected chi connectivity index (χ4v) is 3.50. The average Bonchev–Trinajstić information content (AvgIpc) is 3.11. The monoisotopic (exact) mass is 323 g/mol. The summed E-state index contributed by atoms with van der Waals surface area (Å²) >= 11 is 0. The second-order valence-electron chi connectivity index (χ2n) is 6.73. The van der Waals surface area contributed by atoms with Crippen molar-refractivity contribution < 1.29 is 18.6 Å². The number of hydrogen-bond donors (Lipinski definition) is 0. The third-order valence-corrected chi connectivity index (χ3v) is 4.59. The van der Waals surface area contributed by atoms with Gasteiger partial charge in [0.05, 0.1) is 6.61 Å². The van der Waals surface area contributed by atoms with E-state index in [9.17, 15) is 4.39 Å². The second kappa shape index (κ2) is 6.75. The zero-order valence-corrected chi connectivity index (χ0v) is 14.2. The second-order valence-corrected chi connectivity index (χ2v) is 6.73. The SMILES string of the molecule is CCN1CCCC1c1cc(F)ccc1OCC1COC(C)(C)O1. The van der Waals surface area contributed by atoms with Crippen LogP contribution in [0.4, 0.5) is 4.39 Å². The zero-order chi connectivity index (χ0) is 16.4. The molecule has 0 bridgehead atoms. The van der Waals surface area contributed by atoms with Crippen LogP contribution in [0.2, 0.25) is 0 Å². The van der Waals surface area contributed by atoms with Crippen LogP contribution < -0.4 is 4.74 Å². The highest BCUT2D eigenvalue weighted by molar-refractivity contribution is 5.37. The lowest BCUT2D eigenvalue weighted by Gasteiger charge is -2.25. The topological polar surface area (TPSA) is 30.9 Å². The summed E-state index contributed by atoms with van der Waals surface area (Å²) in [4.78, 5) is 2.37. The third kappa shape index (κ3) is 3.84. The fraction of sp³-hybridized carbons (Fsp3) is 0.667. The summed E-state index contributed by atoms with van der Waals surface area (Å²) in [5, 5.41) is 0. The normalized spacial score (nSPS) is 27.5. The van der Waals surface area contributed by atoms with Crippen LogP contribution in [0.25, 0.3) is 0 Å². The van der Waals surface area contributed by atoms with Crippen LogP contribution in [0.5, 0.6) is 5.75 Å². The first-order valence-electron chi connectivity index (χ1n) is 8.46. The first kappa shape index (κ1) is 16.7. The van der Waals surface area contributed by atoms with Crippen LogP contribution in [0.3, 0.4) is 0 Å². The number of ether oxygens (including phenoxy) is 3. The lowest BCUT2D eigenvalue weighted by atomic mass is 10.0. The Morgan fingerprint density at radius 2 is 2.22 bits per heavy atom. The van der Waals surface area contributed by atoms with E-state index in [4.69, 9.17) is 14.2 Å². The van der Waals surface area contributed by atoms with Gasteiger partial charge < -0.3 is 14.2 Å². The molecule has 5 heteroatoms. The van der Waals surface area contributed by atoms with E-state index in [1.165, 1.54) is 6.07 Å². The van der Waals surface area contributed by atoms with Crippen LogP contribution in [0.15, 0.2) is 18.2 Å². The van der Waals surface area contributed by atoms with Crippen molar-refractivity contribution in [3.63, 3.8) is 0 Å². The molecule has 23 heavy (non-hydrogen) atoms. The fourth-order valence-electron chi connectivity index (χ4n) is 3.50. The van der Waals surface area contributed by atoms with Gasteiger partial charge in [-0.05, 0) is 58.0 Å². The maximum absolute atomic E-state index is 13.8. The Morgan fingerprint density at radius 3 is 2.91 bits per heavy atom. The van der Waals surface area contributed by atoms with E-state index in [1.54, 1.807) is 12.1 Å². The van der Waals surface area contributed by atoms with Crippen molar-refractivity contribution in [1.82, 2.24) is 4.90 Å². The number of likely N-dealkylation sites (tertiary alicyclic amines) is 1. The molecule has 1 aromatic rings. The lowest BCUT2D eigenvalue weighted by molar-refractivity contribution is -0.141. The van der Waals surface area contributed by atoms with Gasteiger partial charge in [0.2, 0.25) is 0 Å². The molecule has 2 aliphatic heterocycles. The van der Waals surface area contributed by atoms with E-state index in [2.05, 4.69) is 11.8 Å². The first-order valence-corrected chi connectivity index (χ1v) is 8.46. The third-order valence-electron chi connectivity index (χ3n) is 4.59. The Kier molecular flexibility index (Phi) is 4.90. The van der Waals surface area contributed by atoms with Crippen molar-refractivity contribution in [2.24, 2.45) is 0 Å². The summed E-state index contributed by atoms with van der Waals surface area (Å²) in [6.45, 7) is 8.90. The standard InChI is InChI=1S/C18H26FNO3/c1-4-20-9-5-6-16(20)15-10-13(19)7-8-17(15)21-11-14-12-22-18(2,3)23-14/h7-8,10,14,16H,4-6,9,11-12H2,1-3H3. The predicted molar refractivity (Wildman–Crippen MR) is 86.0 cm³/mol. The van der Waals surface area contributed by atoms with Crippen LogP contribution in [0.1, 0.15) is 45.2 Å². The Morgan fingerprint density at radius 1 is 1.39 bits per heavy atom. The highest BCUT2D eigenvalue weighted by atomic mass is 19.1. The summed E-state index contributed by atoms with van der Waals surface area (Å²) in [5.41, 5.74) is 0.947. The number of hydrogen-bond acceptors (Lipinski definition) is 4. The van der Waals surface area contributed by atoms with Gasteiger partial charge >= 0.3 is 0 Å². The Bertz CT molecular complexity index is 549. The summed E-state index contributed by atoms with van der Waals surface area (Å²) in [6, 6.07) is 5.05. The van der Waals surface area contributed by atoms with E-state index >= 15 is 0 Å². The molecular formula is C18H26FNO3. The van der Waals surface area contributed by atoms with Crippen LogP contribution in [0, 0.1) is 5.82 Å². The number of halogens is 1. The van der Waals surface area contributed by atoms with Crippen LogP contribution >= 0.6 is 0 Å².